The first-order valence-electron chi connectivity index (χ1n) is 20.8. The number of aliphatic hydroxyl groups is 3. The van der Waals surface area contributed by atoms with Crippen molar-refractivity contribution < 1.29 is 67.5 Å². The summed E-state index contributed by atoms with van der Waals surface area (Å²) in [6.45, 7) is 2.76. The number of phosphoric acid groups is 2. The summed E-state index contributed by atoms with van der Waals surface area (Å²) in [7, 11) is -10.2. The summed E-state index contributed by atoms with van der Waals surface area (Å²) < 4.78 is 28.1. The lowest BCUT2D eigenvalue weighted by Crippen LogP contribution is -2.57. The van der Waals surface area contributed by atoms with Gasteiger partial charge in [-0.25, -0.2) is 9.13 Å². The average Bonchev–Trinajstić information content (AvgIpc) is 3.12. The van der Waals surface area contributed by atoms with Gasteiger partial charge in [0.15, 0.2) is 11.6 Å². The normalized spacial score (nSPS) is 14.1. The van der Waals surface area contributed by atoms with Crippen molar-refractivity contribution >= 4 is 33.2 Å². The summed E-state index contributed by atoms with van der Waals surface area (Å²) in [5.74, 6) is -2.79. The zero-order chi connectivity index (χ0) is 42.0. The zero-order valence-corrected chi connectivity index (χ0v) is 35.6. The second kappa shape index (κ2) is 34.9. The number of nitrogens with two attached hydrogens (primary N) is 1. The first-order chi connectivity index (χ1) is 26.0. The molecule has 3 atom stereocenters. The highest BCUT2D eigenvalue weighted by atomic mass is 31.3. The molecule has 328 valence electrons. The molecule has 0 spiro atoms. The molecule has 9 N–H and O–H groups in total. The van der Waals surface area contributed by atoms with Crippen molar-refractivity contribution in [2.24, 2.45) is 5.73 Å². The lowest BCUT2D eigenvalue weighted by Gasteiger charge is -2.29. The van der Waals surface area contributed by atoms with Gasteiger partial charge in [0.05, 0.1) is 13.2 Å². The number of rotatable bonds is 38. The zero-order valence-electron chi connectivity index (χ0n) is 33.8. The topological polar surface area (TPSA) is 271 Å². The van der Waals surface area contributed by atoms with Crippen LogP contribution in [0.4, 0.5) is 0 Å². The fourth-order valence-electron chi connectivity index (χ4n) is 6.05. The molecule has 0 aliphatic rings. The molecule has 0 aliphatic heterocycles. The monoisotopic (exact) mass is 833 g/mol. The summed E-state index contributed by atoms with van der Waals surface area (Å²) in [5, 5.41) is 38.7. The van der Waals surface area contributed by atoms with E-state index in [2.05, 4.69) is 22.7 Å². The third-order valence-corrected chi connectivity index (χ3v) is 11.6. The number of Topliss-reactive ketones (excluding diaryl/α,β-unsaturated/α-hetero) is 2. The van der Waals surface area contributed by atoms with Crippen LogP contribution in [-0.4, -0.2) is 83.6 Å². The average molecular weight is 834 g/mol. The van der Waals surface area contributed by atoms with Gasteiger partial charge in [0.25, 0.3) is 0 Å². The Morgan fingerprint density at radius 3 is 1.15 bits per heavy atom. The predicted molar refractivity (Wildman–Crippen MR) is 213 cm³/mol. The number of aliphatic carboxylic acids is 1. The van der Waals surface area contributed by atoms with Crippen molar-refractivity contribution in [1.29, 1.82) is 0 Å². The van der Waals surface area contributed by atoms with E-state index in [9.17, 15) is 38.8 Å². The standard InChI is InChI=1S/C35H68O5.C3H9NO9P2/c1-3-5-7-9-11-13-15-17-19-21-23-25-27-29-32(37)35(40,34(39)31-36)33(38)30-28-26-24-22-20-18-16-14-12-10-8-6-4-2;4-2(3(5)6)1-12-15(10,11)13-14(7,8)9/h34,36,39-40H,3-31H2,1-2H3;2H,1,4H2,(H,5,6)(H,10,11)(H2,7,8,9)/t;2-/m.0/s1. The molecule has 0 aromatic rings. The fraction of sp³-hybridized carbons (Fsp3) is 0.921. The Labute approximate surface area is 330 Å². The van der Waals surface area contributed by atoms with Crippen LogP contribution in [-0.2, 0) is 32.3 Å². The van der Waals surface area contributed by atoms with Crippen LogP contribution in [0, 0.1) is 0 Å². The maximum atomic E-state index is 12.8. The predicted octanol–water partition coefficient (Wildman–Crippen LogP) is 7.80. The lowest BCUT2D eigenvalue weighted by atomic mass is 9.82. The van der Waals surface area contributed by atoms with Gasteiger partial charge in [0, 0.05) is 12.8 Å². The molecule has 0 fully saturated rings. The first-order valence-corrected chi connectivity index (χ1v) is 23.8. The highest BCUT2D eigenvalue weighted by Gasteiger charge is 2.48. The Balaban J connectivity index is 0. The molecule has 2 unspecified atom stereocenters. The Morgan fingerprint density at radius 2 is 0.891 bits per heavy atom. The van der Waals surface area contributed by atoms with Crippen molar-refractivity contribution in [2.75, 3.05) is 13.2 Å². The smallest absolute Gasteiger partial charge is 0.480 e. The van der Waals surface area contributed by atoms with E-state index in [4.69, 9.17) is 25.5 Å². The number of carboxylic acid groups (broad SMARTS) is 1. The first kappa shape index (κ1) is 56.0. The number of unbranched alkanes of at least 4 members (excludes halogenated alkanes) is 24. The van der Waals surface area contributed by atoms with E-state index in [-0.39, 0.29) is 12.8 Å². The third-order valence-electron chi connectivity index (χ3n) is 9.46. The Kier molecular flexibility index (Phi) is 35.5. The van der Waals surface area contributed by atoms with Crippen LogP contribution in [0.1, 0.15) is 194 Å². The molecule has 0 rings (SSSR count). The Morgan fingerprint density at radius 1 is 0.600 bits per heavy atom. The Hall–Kier alpha value is -1.09. The van der Waals surface area contributed by atoms with E-state index in [1.165, 1.54) is 116 Å². The van der Waals surface area contributed by atoms with Crippen LogP contribution >= 0.6 is 15.6 Å². The number of carbonyl (C=O) groups excluding carboxylic acids is 2. The van der Waals surface area contributed by atoms with Crippen molar-refractivity contribution in [3.63, 3.8) is 0 Å². The third kappa shape index (κ3) is 32.5. The number of aliphatic hydroxyl groups excluding tert-OH is 2. The summed E-state index contributed by atoms with van der Waals surface area (Å²) in [4.78, 5) is 60.7. The molecule has 0 radical (unpaired) electrons. The van der Waals surface area contributed by atoms with Gasteiger partial charge >= 0.3 is 21.6 Å². The number of hydrogen-bond acceptors (Lipinski definition) is 11. The summed E-state index contributed by atoms with van der Waals surface area (Å²) >= 11 is 0. The molecule has 0 aromatic carbocycles. The van der Waals surface area contributed by atoms with E-state index < -0.39 is 64.1 Å². The molecular weight excluding hydrogens is 756 g/mol. The number of carbonyl (C=O) groups is 3. The van der Waals surface area contributed by atoms with E-state index >= 15 is 0 Å². The second-order valence-corrected chi connectivity index (χ2v) is 17.4. The molecule has 17 heteroatoms. The molecule has 0 heterocycles. The van der Waals surface area contributed by atoms with Crippen LogP contribution in [0.3, 0.4) is 0 Å². The van der Waals surface area contributed by atoms with Gasteiger partial charge in [0.2, 0.25) is 5.60 Å². The van der Waals surface area contributed by atoms with Gasteiger partial charge < -0.3 is 40.8 Å². The molecule has 0 aliphatic carbocycles. The maximum absolute atomic E-state index is 12.8. The van der Waals surface area contributed by atoms with Gasteiger partial charge in [0.1, 0.15) is 12.1 Å². The number of ketones is 2. The van der Waals surface area contributed by atoms with Crippen LogP contribution in [0.5, 0.6) is 0 Å². The molecule has 15 nitrogen and oxygen atoms in total. The summed E-state index contributed by atoms with van der Waals surface area (Å²) in [6, 6.07) is -1.61. The van der Waals surface area contributed by atoms with Crippen LogP contribution in [0.2, 0.25) is 0 Å². The van der Waals surface area contributed by atoms with E-state index in [1.807, 2.05) is 0 Å². The lowest BCUT2D eigenvalue weighted by molar-refractivity contribution is -0.166. The maximum Gasteiger partial charge on any atom is 0.481 e. The fourth-order valence-corrected chi connectivity index (χ4v) is 7.66. The minimum absolute atomic E-state index is 0.0651. The SMILES string of the molecule is CCCCCCCCCCCCCCCC(=O)C(O)(C(=O)CCCCCCCCCCCCCCC)C(O)CO.N[C@@H](COP(=O)(O)OP(=O)(O)O)C(=O)O. The van der Waals surface area contributed by atoms with Gasteiger partial charge in [-0.1, -0.05) is 168 Å². The summed E-state index contributed by atoms with van der Waals surface area (Å²) in [5.41, 5.74) is 2.41. The van der Waals surface area contributed by atoms with E-state index in [1.54, 1.807) is 0 Å². The number of hydrogen-bond donors (Lipinski definition) is 8. The minimum Gasteiger partial charge on any atom is -0.480 e. The van der Waals surface area contributed by atoms with Crippen LogP contribution in [0.15, 0.2) is 0 Å². The van der Waals surface area contributed by atoms with Gasteiger partial charge in [-0.3, -0.25) is 18.9 Å². The summed E-state index contributed by atoms with van der Waals surface area (Å²) in [6.07, 6.45) is 29.4. The molecule has 0 aromatic heterocycles. The number of carboxylic acids is 1. The van der Waals surface area contributed by atoms with Crippen molar-refractivity contribution in [3.8, 4) is 0 Å². The van der Waals surface area contributed by atoms with Gasteiger partial charge in [-0.15, -0.1) is 0 Å². The molecule has 0 saturated carbocycles. The highest BCUT2D eigenvalue weighted by Crippen LogP contribution is 2.57. The minimum atomic E-state index is -5.20. The molecule has 55 heavy (non-hydrogen) atoms. The van der Waals surface area contributed by atoms with Crippen LogP contribution < -0.4 is 5.73 Å². The van der Waals surface area contributed by atoms with Crippen LogP contribution in [0.25, 0.3) is 0 Å². The largest absolute Gasteiger partial charge is 0.481 e. The quantitative estimate of drug-likeness (QED) is 0.0167. The van der Waals surface area contributed by atoms with Gasteiger partial charge in [-0.2, -0.15) is 4.31 Å². The number of phosphoric ester groups is 1. The highest BCUT2D eigenvalue weighted by molar-refractivity contribution is 7.60. The van der Waals surface area contributed by atoms with Gasteiger partial charge in [-0.05, 0) is 12.8 Å². The van der Waals surface area contributed by atoms with E-state index in [0.717, 1.165) is 38.5 Å². The second-order valence-electron chi connectivity index (χ2n) is 14.6. The van der Waals surface area contributed by atoms with Crippen molar-refractivity contribution in [1.82, 2.24) is 0 Å². The molecular formula is C38H77NO14P2. The van der Waals surface area contributed by atoms with E-state index in [0.29, 0.717) is 12.8 Å². The molecule has 0 amide bonds. The molecule has 0 bridgehead atoms. The molecule has 0 saturated heterocycles. The van der Waals surface area contributed by atoms with Crippen molar-refractivity contribution in [2.45, 2.75) is 211 Å². The Bertz CT molecular complexity index is 1030. The van der Waals surface area contributed by atoms with Crippen molar-refractivity contribution in [3.05, 3.63) is 0 Å².